The minimum atomic E-state index is -4.53. The molecule has 182 valence electrons. The molecular weight excluding hydrogens is 501 g/mol. The molecule has 2 fully saturated rings. The fourth-order valence-corrected chi connectivity index (χ4v) is 5.39. The number of imide groups is 1. The minimum absolute atomic E-state index is 0.0142. The molecule has 0 bridgehead atoms. The number of thioether (sulfide) groups is 1. The van der Waals surface area contributed by atoms with E-state index < -0.39 is 11.7 Å². The van der Waals surface area contributed by atoms with Crippen molar-refractivity contribution < 1.29 is 22.8 Å². The number of fused-ring (bicyclic) bond motifs is 1. The number of nitrogens with zero attached hydrogens (tertiary/aromatic N) is 3. The van der Waals surface area contributed by atoms with E-state index in [9.17, 15) is 22.8 Å². The highest BCUT2D eigenvalue weighted by Crippen LogP contribution is 2.35. The molecule has 6 nitrogen and oxygen atoms in total. The smallest absolute Gasteiger partial charge is 0.316 e. The van der Waals surface area contributed by atoms with Crippen LogP contribution >= 0.6 is 23.4 Å². The van der Waals surface area contributed by atoms with Gasteiger partial charge in [0.15, 0.2) is 0 Å². The van der Waals surface area contributed by atoms with E-state index in [1.165, 1.54) is 21.7 Å². The summed E-state index contributed by atoms with van der Waals surface area (Å²) in [5.74, 6) is -0.0337. The van der Waals surface area contributed by atoms with E-state index in [2.05, 4.69) is 10.4 Å². The zero-order valence-electron chi connectivity index (χ0n) is 18.3. The molecule has 11 heteroatoms. The number of halogens is 4. The van der Waals surface area contributed by atoms with Crippen molar-refractivity contribution in [3.05, 3.63) is 69.2 Å². The van der Waals surface area contributed by atoms with Crippen molar-refractivity contribution in [2.24, 2.45) is 5.92 Å². The predicted molar refractivity (Wildman–Crippen MR) is 129 cm³/mol. The molecule has 3 aromatic rings. The van der Waals surface area contributed by atoms with Crippen LogP contribution in [0.4, 0.5) is 18.0 Å². The second-order valence-electron chi connectivity index (χ2n) is 8.57. The number of carbonyl (C=O) groups excluding carboxylic acids is 2. The molecule has 1 atom stereocenters. The summed E-state index contributed by atoms with van der Waals surface area (Å²) >= 11 is 6.69. The Balaban J connectivity index is 1.37. The molecule has 3 heterocycles. The largest absolute Gasteiger partial charge is 0.416 e. The maximum absolute atomic E-state index is 13.5. The summed E-state index contributed by atoms with van der Waals surface area (Å²) in [7, 11) is 0. The van der Waals surface area contributed by atoms with E-state index in [0.29, 0.717) is 27.9 Å². The molecular formula is C24H20ClF3N4O2S. The Morgan fingerprint density at radius 3 is 2.77 bits per heavy atom. The number of hydrogen-bond acceptors (Lipinski definition) is 5. The van der Waals surface area contributed by atoms with Crippen LogP contribution in [-0.2, 0) is 17.5 Å². The normalized spacial score (nSPS) is 20.1. The zero-order chi connectivity index (χ0) is 24.7. The Labute approximate surface area is 208 Å². The molecule has 0 saturated carbocycles. The van der Waals surface area contributed by atoms with Gasteiger partial charge in [0, 0.05) is 17.0 Å². The standard InChI is InChI=1S/C24H20ClF3N4O2S/c25-18-3-2-16(19(9-18)24(26,27)28)13-32-20-4-1-14(7-17(20)11-30-32)8-21-22(33)31(23(34)35-21)12-15-5-6-29-10-15/h1-4,7-9,11,15,29H,5-6,10,12-13H2/b21-8-/t15-/m1/s1. The van der Waals surface area contributed by atoms with Crippen LogP contribution in [0.5, 0.6) is 0 Å². The summed E-state index contributed by atoms with van der Waals surface area (Å²) in [6.07, 6.45) is -0.375. The van der Waals surface area contributed by atoms with Crippen LogP contribution in [0.15, 0.2) is 47.5 Å². The summed E-state index contributed by atoms with van der Waals surface area (Å²) in [5.41, 5.74) is 0.608. The van der Waals surface area contributed by atoms with Gasteiger partial charge in [-0.25, -0.2) is 0 Å². The van der Waals surface area contributed by atoms with Gasteiger partial charge in [0.25, 0.3) is 11.1 Å². The van der Waals surface area contributed by atoms with Crippen molar-refractivity contribution in [1.29, 1.82) is 0 Å². The topological polar surface area (TPSA) is 67.2 Å². The lowest BCUT2D eigenvalue weighted by Gasteiger charge is -2.16. The van der Waals surface area contributed by atoms with E-state index in [1.807, 2.05) is 0 Å². The maximum atomic E-state index is 13.5. The van der Waals surface area contributed by atoms with Crippen LogP contribution in [0.3, 0.4) is 0 Å². The van der Waals surface area contributed by atoms with Gasteiger partial charge in [-0.1, -0.05) is 23.7 Å². The third kappa shape index (κ3) is 4.96. The lowest BCUT2D eigenvalue weighted by Crippen LogP contribution is -2.34. The molecule has 5 rings (SSSR count). The number of alkyl halides is 3. The van der Waals surface area contributed by atoms with E-state index in [1.54, 1.807) is 30.5 Å². The van der Waals surface area contributed by atoms with Gasteiger partial charge < -0.3 is 5.32 Å². The van der Waals surface area contributed by atoms with Gasteiger partial charge in [0.05, 0.1) is 28.7 Å². The summed E-state index contributed by atoms with van der Waals surface area (Å²) in [4.78, 5) is 26.8. The first kappa shape index (κ1) is 23.9. The van der Waals surface area contributed by atoms with Crippen LogP contribution in [0.25, 0.3) is 17.0 Å². The number of nitrogens with one attached hydrogen (secondary N) is 1. The van der Waals surface area contributed by atoms with Gasteiger partial charge in [-0.3, -0.25) is 19.2 Å². The van der Waals surface area contributed by atoms with Crippen LogP contribution in [0.1, 0.15) is 23.1 Å². The van der Waals surface area contributed by atoms with Crippen molar-refractivity contribution in [2.45, 2.75) is 19.1 Å². The molecule has 2 saturated heterocycles. The Hall–Kier alpha value is -2.82. The van der Waals surface area contributed by atoms with Crippen molar-refractivity contribution >= 4 is 51.5 Å². The average Bonchev–Trinajstić information content (AvgIpc) is 3.52. The van der Waals surface area contributed by atoms with Crippen molar-refractivity contribution in [3.63, 3.8) is 0 Å². The molecule has 2 aromatic carbocycles. The molecule has 1 N–H and O–H groups in total. The summed E-state index contributed by atoms with van der Waals surface area (Å²) in [6, 6.07) is 8.97. The highest BCUT2D eigenvalue weighted by atomic mass is 35.5. The molecule has 0 aliphatic carbocycles. The first-order valence-corrected chi connectivity index (χ1v) is 12.2. The molecule has 2 amide bonds. The lowest BCUT2D eigenvalue weighted by molar-refractivity contribution is -0.138. The fourth-order valence-electron chi connectivity index (χ4n) is 4.37. The number of aromatic nitrogens is 2. The highest BCUT2D eigenvalue weighted by molar-refractivity contribution is 8.18. The molecule has 2 aliphatic heterocycles. The van der Waals surface area contributed by atoms with Gasteiger partial charge in [-0.05, 0) is 78.7 Å². The maximum Gasteiger partial charge on any atom is 0.416 e. The molecule has 0 spiro atoms. The first-order chi connectivity index (χ1) is 16.7. The lowest BCUT2D eigenvalue weighted by atomic mass is 10.1. The van der Waals surface area contributed by atoms with E-state index >= 15 is 0 Å². The minimum Gasteiger partial charge on any atom is -0.316 e. The van der Waals surface area contributed by atoms with E-state index in [4.69, 9.17) is 11.6 Å². The highest BCUT2D eigenvalue weighted by Gasteiger charge is 2.37. The summed E-state index contributed by atoms with van der Waals surface area (Å²) < 4.78 is 41.9. The summed E-state index contributed by atoms with van der Waals surface area (Å²) in [6.45, 7) is 2.01. The van der Waals surface area contributed by atoms with E-state index in [0.717, 1.165) is 37.3 Å². The SMILES string of the molecule is O=C1S/C(=C\c2ccc3c(cnn3Cc3ccc(Cl)cc3C(F)(F)F)c2)C(=O)N1C[C@@H]1CCNC1. The predicted octanol–water partition coefficient (Wildman–Crippen LogP) is 5.40. The Kier molecular flexibility index (Phi) is 6.37. The van der Waals surface area contributed by atoms with Gasteiger partial charge in [0.1, 0.15) is 0 Å². The number of carbonyl (C=O) groups is 2. The molecule has 35 heavy (non-hydrogen) atoms. The number of benzene rings is 2. The fraction of sp³-hybridized carbons (Fsp3) is 0.292. The van der Waals surface area contributed by atoms with Gasteiger partial charge in [-0.15, -0.1) is 0 Å². The molecule has 0 unspecified atom stereocenters. The summed E-state index contributed by atoms with van der Waals surface area (Å²) in [5, 5.41) is 7.94. The average molecular weight is 521 g/mol. The number of amides is 2. The van der Waals surface area contributed by atoms with Gasteiger partial charge >= 0.3 is 6.18 Å². The quantitative estimate of drug-likeness (QED) is 0.456. The van der Waals surface area contributed by atoms with Gasteiger partial charge in [0.2, 0.25) is 0 Å². The third-order valence-corrected chi connectivity index (χ3v) is 7.28. The van der Waals surface area contributed by atoms with Crippen molar-refractivity contribution in [2.75, 3.05) is 19.6 Å². The Morgan fingerprint density at radius 2 is 2.03 bits per heavy atom. The van der Waals surface area contributed by atoms with Crippen LogP contribution in [0.2, 0.25) is 5.02 Å². The number of hydrogen-bond donors (Lipinski definition) is 1. The number of rotatable bonds is 5. The van der Waals surface area contributed by atoms with Crippen molar-refractivity contribution in [1.82, 2.24) is 20.0 Å². The molecule has 2 aliphatic rings. The van der Waals surface area contributed by atoms with E-state index in [-0.39, 0.29) is 34.2 Å². The first-order valence-electron chi connectivity index (χ1n) is 11.0. The molecule has 1 aromatic heterocycles. The van der Waals surface area contributed by atoms with Crippen molar-refractivity contribution in [3.8, 4) is 0 Å². The van der Waals surface area contributed by atoms with Crippen LogP contribution in [-0.4, -0.2) is 45.5 Å². The second-order valence-corrected chi connectivity index (χ2v) is 10.0. The van der Waals surface area contributed by atoms with Crippen LogP contribution in [0, 0.1) is 5.92 Å². The van der Waals surface area contributed by atoms with Crippen LogP contribution < -0.4 is 5.32 Å². The second kappa shape index (κ2) is 9.33. The molecule has 0 radical (unpaired) electrons. The Morgan fingerprint density at radius 1 is 1.20 bits per heavy atom. The monoisotopic (exact) mass is 520 g/mol. The zero-order valence-corrected chi connectivity index (χ0v) is 19.9. The van der Waals surface area contributed by atoms with Gasteiger partial charge in [-0.2, -0.15) is 18.3 Å². The Bertz CT molecular complexity index is 1350. The third-order valence-electron chi connectivity index (χ3n) is 6.14.